The minimum Gasteiger partial charge on any atom is -0.394 e. The summed E-state index contributed by atoms with van der Waals surface area (Å²) in [4.78, 5) is 11.5. The first-order valence-corrected chi connectivity index (χ1v) is 6.52. The van der Waals surface area contributed by atoms with E-state index in [4.69, 9.17) is 5.11 Å². The van der Waals surface area contributed by atoms with Crippen molar-refractivity contribution in [1.29, 1.82) is 0 Å². The molecule has 1 aromatic rings. The lowest BCUT2D eigenvalue weighted by Crippen LogP contribution is -2.39. The van der Waals surface area contributed by atoms with E-state index in [-0.39, 0.29) is 18.7 Å². The lowest BCUT2D eigenvalue weighted by atomic mass is 10.2. The summed E-state index contributed by atoms with van der Waals surface area (Å²) in [6, 6.07) is -0.580. The number of amides is 2. The molecule has 17 heavy (non-hydrogen) atoms. The summed E-state index contributed by atoms with van der Waals surface area (Å²) < 4.78 is 0. The Labute approximate surface area is 104 Å². The molecule has 0 radical (unpaired) electrons. The highest BCUT2D eigenvalue weighted by Crippen LogP contribution is 2.16. The maximum absolute atomic E-state index is 11.5. The number of nitrogens with one attached hydrogen (secondary N) is 2. The van der Waals surface area contributed by atoms with Crippen molar-refractivity contribution in [3.63, 3.8) is 0 Å². The van der Waals surface area contributed by atoms with Crippen molar-refractivity contribution in [3.8, 4) is 0 Å². The maximum atomic E-state index is 11.5. The van der Waals surface area contributed by atoms with Gasteiger partial charge in [-0.25, -0.2) is 4.79 Å². The second-order valence-corrected chi connectivity index (χ2v) is 4.70. The number of urea groups is 1. The molecule has 0 aromatic carbocycles. The van der Waals surface area contributed by atoms with Gasteiger partial charge in [0.1, 0.15) is 5.01 Å². The van der Waals surface area contributed by atoms with Gasteiger partial charge in [-0.2, -0.15) is 0 Å². The second kappa shape index (κ2) is 7.18. The molecule has 1 heterocycles. The summed E-state index contributed by atoms with van der Waals surface area (Å²) in [5, 5.41) is 23.4. The summed E-state index contributed by atoms with van der Waals surface area (Å²) in [6.45, 7) is 3.89. The lowest BCUT2D eigenvalue weighted by molar-refractivity contribution is 0.222. The molecular weight excluding hydrogens is 240 g/mol. The Morgan fingerprint density at radius 2 is 2.24 bits per heavy atom. The number of hydrogen-bond donors (Lipinski definition) is 3. The number of hydrogen-bond acceptors (Lipinski definition) is 5. The number of carbonyl (C=O) groups is 1. The fourth-order valence-electron chi connectivity index (χ4n) is 1.21. The van der Waals surface area contributed by atoms with E-state index in [9.17, 15) is 4.79 Å². The second-order valence-electron chi connectivity index (χ2n) is 3.64. The summed E-state index contributed by atoms with van der Waals surface area (Å²) in [5.74, 6) is 0. The molecule has 0 aliphatic carbocycles. The molecule has 0 fully saturated rings. The molecule has 1 aromatic heterocycles. The average molecular weight is 258 g/mol. The zero-order valence-corrected chi connectivity index (χ0v) is 10.9. The van der Waals surface area contributed by atoms with E-state index in [0.717, 1.165) is 17.8 Å². The first kappa shape index (κ1) is 13.9. The van der Waals surface area contributed by atoms with Crippen LogP contribution in [0.2, 0.25) is 0 Å². The van der Waals surface area contributed by atoms with Crippen LogP contribution in [0.5, 0.6) is 0 Å². The number of carbonyl (C=O) groups excluding carboxylic acids is 1. The van der Waals surface area contributed by atoms with Crippen LogP contribution in [0, 0.1) is 0 Å². The van der Waals surface area contributed by atoms with Gasteiger partial charge in [0.05, 0.1) is 12.6 Å². The fraction of sp³-hybridized carbons (Fsp3) is 0.700. The standard InChI is InChI=1S/C10H18N4O2S/c1-3-5-8-13-14-10(17-8)12-9(16)11-7(4-2)6-15/h7,15H,3-6H2,1-2H3,(H2,11,12,14,16). The van der Waals surface area contributed by atoms with Crippen LogP contribution in [0.1, 0.15) is 31.7 Å². The van der Waals surface area contributed by atoms with E-state index in [1.165, 1.54) is 11.3 Å². The van der Waals surface area contributed by atoms with Crippen LogP contribution in [0.25, 0.3) is 0 Å². The highest BCUT2D eigenvalue weighted by molar-refractivity contribution is 7.15. The van der Waals surface area contributed by atoms with Crippen LogP contribution in [-0.4, -0.2) is 34.0 Å². The van der Waals surface area contributed by atoms with Crippen molar-refractivity contribution >= 4 is 22.5 Å². The van der Waals surface area contributed by atoms with Crippen LogP contribution in [0.15, 0.2) is 0 Å². The molecule has 3 N–H and O–H groups in total. The Kier molecular flexibility index (Phi) is 5.85. The van der Waals surface area contributed by atoms with Gasteiger partial charge in [0.25, 0.3) is 0 Å². The maximum Gasteiger partial charge on any atom is 0.321 e. The van der Waals surface area contributed by atoms with Gasteiger partial charge in [-0.05, 0) is 12.8 Å². The van der Waals surface area contributed by atoms with Gasteiger partial charge in [0, 0.05) is 6.42 Å². The van der Waals surface area contributed by atoms with Crippen molar-refractivity contribution in [2.75, 3.05) is 11.9 Å². The lowest BCUT2D eigenvalue weighted by Gasteiger charge is -2.13. The van der Waals surface area contributed by atoms with Crippen molar-refractivity contribution in [2.45, 2.75) is 39.2 Å². The Morgan fingerprint density at radius 1 is 1.47 bits per heavy atom. The Hall–Kier alpha value is -1.21. The van der Waals surface area contributed by atoms with Crippen molar-refractivity contribution < 1.29 is 9.90 Å². The van der Waals surface area contributed by atoms with E-state index in [0.29, 0.717) is 11.6 Å². The van der Waals surface area contributed by atoms with Crippen LogP contribution in [0.3, 0.4) is 0 Å². The summed E-state index contributed by atoms with van der Waals surface area (Å²) in [5.41, 5.74) is 0. The predicted octanol–water partition coefficient (Wildman–Crippen LogP) is 1.38. The predicted molar refractivity (Wildman–Crippen MR) is 67.2 cm³/mol. The number of rotatable bonds is 6. The normalized spacial score (nSPS) is 12.2. The molecule has 96 valence electrons. The Bertz CT molecular complexity index is 352. The van der Waals surface area contributed by atoms with Crippen LogP contribution >= 0.6 is 11.3 Å². The van der Waals surface area contributed by atoms with Gasteiger partial charge in [-0.1, -0.05) is 25.2 Å². The van der Waals surface area contributed by atoms with Crippen molar-refractivity contribution in [1.82, 2.24) is 15.5 Å². The molecule has 0 aliphatic heterocycles. The third kappa shape index (κ3) is 4.66. The number of aliphatic hydroxyl groups excluding tert-OH is 1. The van der Waals surface area contributed by atoms with E-state index in [2.05, 4.69) is 27.8 Å². The summed E-state index contributed by atoms with van der Waals surface area (Å²) in [7, 11) is 0. The van der Waals surface area contributed by atoms with Crippen molar-refractivity contribution in [3.05, 3.63) is 5.01 Å². The molecule has 1 unspecified atom stereocenters. The molecule has 7 heteroatoms. The van der Waals surface area contributed by atoms with Gasteiger partial charge in [-0.15, -0.1) is 10.2 Å². The minimum atomic E-state index is -0.356. The number of aryl methyl sites for hydroxylation is 1. The fourth-order valence-corrected chi connectivity index (χ4v) is 2.05. The molecule has 6 nitrogen and oxygen atoms in total. The number of anilines is 1. The topological polar surface area (TPSA) is 87.1 Å². The quantitative estimate of drug-likeness (QED) is 0.719. The molecule has 0 saturated heterocycles. The molecule has 0 bridgehead atoms. The highest BCUT2D eigenvalue weighted by Gasteiger charge is 2.11. The number of nitrogens with zero attached hydrogens (tertiary/aromatic N) is 2. The van der Waals surface area contributed by atoms with Crippen LogP contribution < -0.4 is 10.6 Å². The van der Waals surface area contributed by atoms with Gasteiger partial charge in [0.15, 0.2) is 0 Å². The SMILES string of the molecule is CCCc1nnc(NC(=O)NC(CC)CO)s1. The monoisotopic (exact) mass is 258 g/mol. The third-order valence-corrected chi connectivity index (χ3v) is 3.10. The summed E-state index contributed by atoms with van der Waals surface area (Å²) in [6.07, 6.45) is 2.56. The summed E-state index contributed by atoms with van der Waals surface area (Å²) >= 11 is 1.37. The molecule has 1 atom stereocenters. The highest BCUT2D eigenvalue weighted by atomic mass is 32.1. The average Bonchev–Trinajstić information content (AvgIpc) is 2.74. The molecule has 0 aliphatic rings. The first-order chi connectivity index (χ1) is 8.19. The van der Waals surface area contributed by atoms with E-state index in [1.807, 2.05) is 6.92 Å². The Morgan fingerprint density at radius 3 is 2.82 bits per heavy atom. The van der Waals surface area contributed by atoms with E-state index >= 15 is 0 Å². The van der Waals surface area contributed by atoms with Crippen LogP contribution in [-0.2, 0) is 6.42 Å². The smallest absolute Gasteiger partial charge is 0.321 e. The van der Waals surface area contributed by atoms with Gasteiger partial charge in [0.2, 0.25) is 5.13 Å². The zero-order chi connectivity index (χ0) is 12.7. The number of aliphatic hydroxyl groups is 1. The van der Waals surface area contributed by atoms with Gasteiger partial charge < -0.3 is 10.4 Å². The number of aromatic nitrogens is 2. The van der Waals surface area contributed by atoms with Gasteiger partial charge >= 0.3 is 6.03 Å². The third-order valence-electron chi connectivity index (χ3n) is 2.20. The zero-order valence-electron chi connectivity index (χ0n) is 10.1. The Balaban J connectivity index is 2.44. The largest absolute Gasteiger partial charge is 0.394 e. The van der Waals surface area contributed by atoms with Crippen LogP contribution in [0.4, 0.5) is 9.93 Å². The first-order valence-electron chi connectivity index (χ1n) is 5.70. The van der Waals surface area contributed by atoms with Crippen molar-refractivity contribution in [2.24, 2.45) is 0 Å². The molecule has 0 saturated carbocycles. The van der Waals surface area contributed by atoms with E-state index in [1.54, 1.807) is 0 Å². The van der Waals surface area contributed by atoms with E-state index < -0.39 is 0 Å². The molecule has 1 rings (SSSR count). The molecule has 0 spiro atoms. The molecular formula is C10H18N4O2S. The minimum absolute atomic E-state index is 0.0683. The van der Waals surface area contributed by atoms with Gasteiger partial charge in [-0.3, -0.25) is 5.32 Å². The molecule has 2 amide bonds.